The quantitative estimate of drug-likeness (QED) is 0.831. The molecule has 1 aromatic rings. The number of carbonyl (C=O) groups is 2. The Morgan fingerprint density at radius 3 is 3.00 bits per heavy atom. The number of nitrogens with zero attached hydrogens (tertiary/aromatic N) is 1. The summed E-state index contributed by atoms with van der Waals surface area (Å²) in [6.07, 6.45) is 2.10. The lowest BCUT2D eigenvalue weighted by Crippen LogP contribution is -2.56. The zero-order valence-corrected chi connectivity index (χ0v) is 10.0. The topological polar surface area (TPSA) is 62.6 Å². The fourth-order valence-corrected chi connectivity index (χ4v) is 2.09. The van der Waals surface area contributed by atoms with E-state index in [9.17, 15) is 9.59 Å². The van der Waals surface area contributed by atoms with Crippen molar-refractivity contribution in [1.82, 2.24) is 10.2 Å². The molecule has 1 atom stereocenters. The van der Waals surface area contributed by atoms with Crippen LogP contribution >= 0.6 is 0 Å². The number of hydrogen-bond donors (Lipinski definition) is 1. The first-order chi connectivity index (χ1) is 8.15. The number of nitrogens with one attached hydrogen (secondary N) is 1. The number of rotatable bonds is 2. The summed E-state index contributed by atoms with van der Waals surface area (Å²) in [6, 6.07) is 1.36. The minimum atomic E-state index is -0.388. The molecule has 2 rings (SSSR count). The van der Waals surface area contributed by atoms with Crippen LogP contribution in [0.1, 0.15) is 29.5 Å². The van der Waals surface area contributed by atoms with Crippen LogP contribution in [0.5, 0.6) is 0 Å². The van der Waals surface area contributed by atoms with Crippen LogP contribution in [-0.4, -0.2) is 35.8 Å². The van der Waals surface area contributed by atoms with E-state index in [1.807, 2.05) is 13.8 Å². The van der Waals surface area contributed by atoms with Gasteiger partial charge in [-0.05, 0) is 19.4 Å². The van der Waals surface area contributed by atoms with Gasteiger partial charge in [0.15, 0.2) is 5.76 Å². The molecule has 0 spiro atoms. The number of amides is 2. The van der Waals surface area contributed by atoms with E-state index in [1.54, 1.807) is 11.0 Å². The lowest BCUT2D eigenvalue weighted by Gasteiger charge is -2.34. The second-order valence-corrected chi connectivity index (χ2v) is 4.15. The Morgan fingerprint density at radius 2 is 2.41 bits per heavy atom. The molecule has 1 N–H and O–H groups in total. The number of furan rings is 1. The third-order valence-corrected chi connectivity index (χ3v) is 3.03. The summed E-state index contributed by atoms with van der Waals surface area (Å²) in [5.74, 6) is 0.0451. The van der Waals surface area contributed by atoms with Crippen LogP contribution in [0.2, 0.25) is 0 Å². The zero-order chi connectivity index (χ0) is 12.4. The molecule has 0 saturated carbocycles. The maximum Gasteiger partial charge on any atom is 0.290 e. The van der Waals surface area contributed by atoms with E-state index in [0.29, 0.717) is 25.3 Å². The highest BCUT2D eigenvalue weighted by molar-refractivity contribution is 5.97. The summed E-state index contributed by atoms with van der Waals surface area (Å²) in [6.45, 7) is 4.75. The van der Waals surface area contributed by atoms with Crippen molar-refractivity contribution in [2.45, 2.75) is 26.3 Å². The zero-order valence-electron chi connectivity index (χ0n) is 10.0. The summed E-state index contributed by atoms with van der Waals surface area (Å²) < 4.78 is 5.18. The van der Waals surface area contributed by atoms with E-state index < -0.39 is 0 Å². The number of piperazine rings is 1. The molecule has 1 aromatic heterocycles. The van der Waals surface area contributed by atoms with Crippen LogP contribution in [0.25, 0.3) is 0 Å². The average Bonchev–Trinajstić information content (AvgIpc) is 2.74. The van der Waals surface area contributed by atoms with Crippen LogP contribution in [0.3, 0.4) is 0 Å². The molecule has 92 valence electrons. The highest BCUT2D eigenvalue weighted by Gasteiger charge is 2.33. The van der Waals surface area contributed by atoms with E-state index in [1.165, 1.54) is 6.26 Å². The van der Waals surface area contributed by atoms with Gasteiger partial charge in [0, 0.05) is 18.7 Å². The van der Waals surface area contributed by atoms with Crippen molar-refractivity contribution in [2.75, 3.05) is 13.1 Å². The Labute approximate surface area is 99.8 Å². The monoisotopic (exact) mass is 236 g/mol. The van der Waals surface area contributed by atoms with Crippen molar-refractivity contribution >= 4 is 11.8 Å². The Morgan fingerprint density at radius 1 is 1.65 bits per heavy atom. The summed E-state index contributed by atoms with van der Waals surface area (Å²) >= 11 is 0. The largest absolute Gasteiger partial charge is 0.459 e. The molecule has 0 bridgehead atoms. The van der Waals surface area contributed by atoms with Crippen molar-refractivity contribution < 1.29 is 14.0 Å². The summed E-state index contributed by atoms with van der Waals surface area (Å²) in [5, 5.41) is 2.76. The van der Waals surface area contributed by atoms with Gasteiger partial charge in [-0.15, -0.1) is 0 Å². The molecule has 1 fully saturated rings. The maximum absolute atomic E-state index is 12.2. The molecule has 2 heterocycles. The third-order valence-electron chi connectivity index (χ3n) is 3.03. The Kier molecular flexibility index (Phi) is 3.17. The van der Waals surface area contributed by atoms with Crippen molar-refractivity contribution in [1.29, 1.82) is 0 Å². The molecule has 17 heavy (non-hydrogen) atoms. The van der Waals surface area contributed by atoms with Crippen molar-refractivity contribution in [3.8, 4) is 0 Å². The van der Waals surface area contributed by atoms with Crippen LogP contribution in [0.4, 0.5) is 0 Å². The predicted molar refractivity (Wildman–Crippen MR) is 61.6 cm³/mol. The van der Waals surface area contributed by atoms with E-state index >= 15 is 0 Å². The van der Waals surface area contributed by atoms with E-state index in [2.05, 4.69) is 5.32 Å². The molecule has 0 aliphatic carbocycles. The Balaban J connectivity index is 2.24. The van der Waals surface area contributed by atoms with Gasteiger partial charge in [-0.2, -0.15) is 0 Å². The van der Waals surface area contributed by atoms with Crippen LogP contribution in [0, 0.1) is 6.92 Å². The smallest absolute Gasteiger partial charge is 0.290 e. The average molecular weight is 236 g/mol. The molecule has 1 saturated heterocycles. The van der Waals surface area contributed by atoms with Gasteiger partial charge < -0.3 is 14.6 Å². The minimum absolute atomic E-state index is 0.0868. The fraction of sp³-hybridized carbons (Fsp3) is 0.500. The van der Waals surface area contributed by atoms with Crippen molar-refractivity contribution in [3.63, 3.8) is 0 Å². The minimum Gasteiger partial charge on any atom is -0.459 e. The standard InChI is InChI=1S/C12H16N2O3/c1-3-9-11(15)13-5-6-14(9)12(16)10-8(2)4-7-17-10/h4,7,9H,3,5-6H2,1-2H3,(H,13,15). The molecule has 0 radical (unpaired) electrons. The lowest BCUT2D eigenvalue weighted by atomic mass is 10.1. The first-order valence-electron chi connectivity index (χ1n) is 5.78. The van der Waals surface area contributed by atoms with Gasteiger partial charge in [-0.25, -0.2) is 0 Å². The molecule has 1 aliphatic heterocycles. The number of hydrogen-bond acceptors (Lipinski definition) is 3. The maximum atomic E-state index is 12.2. The first kappa shape index (κ1) is 11.7. The van der Waals surface area contributed by atoms with E-state index in [4.69, 9.17) is 4.42 Å². The van der Waals surface area contributed by atoms with Crippen LogP contribution in [0.15, 0.2) is 16.7 Å². The Hall–Kier alpha value is -1.78. The molecule has 1 aliphatic rings. The second-order valence-electron chi connectivity index (χ2n) is 4.15. The second kappa shape index (κ2) is 4.61. The number of aryl methyl sites for hydroxylation is 1. The Bertz CT molecular complexity index is 439. The highest BCUT2D eigenvalue weighted by Crippen LogP contribution is 2.16. The van der Waals surface area contributed by atoms with E-state index in [-0.39, 0.29) is 17.9 Å². The molecule has 5 nitrogen and oxygen atoms in total. The van der Waals surface area contributed by atoms with Crippen molar-refractivity contribution in [3.05, 3.63) is 23.7 Å². The molecular weight excluding hydrogens is 220 g/mol. The van der Waals surface area contributed by atoms with Gasteiger partial charge in [0.1, 0.15) is 6.04 Å². The molecule has 5 heteroatoms. The highest BCUT2D eigenvalue weighted by atomic mass is 16.3. The summed E-state index contributed by atoms with van der Waals surface area (Å²) in [5.41, 5.74) is 0.802. The lowest BCUT2D eigenvalue weighted by molar-refractivity contribution is -0.127. The van der Waals surface area contributed by atoms with Gasteiger partial charge in [-0.3, -0.25) is 9.59 Å². The summed E-state index contributed by atoms with van der Waals surface area (Å²) in [4.78, 5) is 25.5. The SMILES string of the molecule is CCC1C(=O)NCCN1C(=O)c1occc1C. The normalized spacial score (nSPS) is 20.2. The number of carbonyl (C=O) groups excluding carboxylic acids is 2. The first-order valence-corrected chi connectivity index (χ1v) is 5.78. The van der Waals surface area contributed by atoms with Crippen LogP contribution < -0.4 is 5.32 Å². The van der Waals surface area contributed by atoms with E-state index in [0.717, 1.165) is 5.56 Å². The predicted octanol–water partition coefficient (Wildman–Crippen LogP) is 0.939. The van der Waals surface area contributed by atoms with Crippen molar-refractivity contribution in [2.24, 2.45) is 0 Å². The third kappa shape index (κ3) is 2.05. The van der Waals surface area contributed by atoms with Gasteiger partial charge in [0.25, 0.3) is 5.91 Å². The van der Waals surface area contributed by atoms with Gasteiger partial charge >= 0.3 is 0 Å². The molecule has 1 unspecified atom stereocenters. The molecular formula is C12H16N2O3. The van der Waals surface area contributed by atoms with Crippen LogP contribution in [-0.2, 0) is 4.79 Å². The van der Waals surface area contributed by atoms with Gasteiger partial charge in [0.05, 0.1) is 6.26 Å². The molecule has 0 aromatic carbocycles. The fourth-order valence-electron chi connectivity index (χ4n) is 2.09. The molecule has 2 amide bonds. The summed E-state index contributed by atoms with van der Waals surface area (Å²) in [7, 11) is 0. The van der Waals surface area contributed by atoms with Gasteiger partial charge in [0.2, 0.25) is 5.91 Å². The van der Waals surface area contributed by atoms with Gasteiger partial charge in [-0.1, -0.05) is 6.92 Å².